The number of esters is 1. The van der Waals surface area contributed by atoms with E-state index in [-0.39, 0.29) is 16.5 Å². The van der Waals surface area contributed by atoms with E-state index in [1.165, 1.54) is 31.5 Å². The summed E-state index contributed by atoms with van der Waals surface area (Å²) in [5.41, 5.74) is 1.35. The zero-order valence-corrected chi connectivity index (χ0v) is 14.9. The summed E-state index contributed by atoms with van der Waals surface area (Å²) in [4.78, 5) is 12.0. The average Bonchev–Trinajstić information content (AvgIpc) is 2.55. The predicted octanol–water partition coefficient (Wildman–Crippen LogP) is 4.54. The van der Waals surface area contributed by atoms with Crippen LogP contribution in [0.15, 0.2) is 52.1 Å². The molecule has 5 nitrogen and oxygen atoms in total. The van der Waals surface area contributed by atoms with E-state index in [0.717, 1.165) is 10.0 Å². The monoisotopic (exact) mass is 409 g/mol. The van der Waals surface area contributed by atoms with Crippen molar-refractivity contribution >= 4 is 45.8 Å². The van der Waals surface area contributed by atoms with Crippen molar-refractivity contribution in [1.82, 2.24) is 0 Å². The average molecular weight is 411 g/mol. The molecule has 0 aromatic heterocycles. The molecule has 0 fully saturated rings. The minimum Gasteiger partial charge on any atom is -0.493 e. The van der Waals surface area contributed by atoms with Gasteiger partial charge in [0.2, 0.25) is 0 Å². The van der Waals surface area contributed by atoms with Crippen molar-refractivity contribution < 1.29 is 19.5 Å². The molecule has 124 valence electrons. The molecule has 2 aromatic rings. The molecule has 0 saturated heterocycles. The van der Waals surface area contributed by atoms with Crippen molar-refractivity contribution in [2.75, 3.05) is 7.11 Å². The predicted molar refractivity (Wildman–Crippen MR) is 96.2 cm³/mol. The van der Waals surface area contributed by atoms with Crippen LogP contribution in [0.4, 0.5) is 0 Å². The fourth-order valence-electron chi connectivity index (χ4n) is 1.89. The summed E-state index contributed by atoms with van der Waals surface area (Å²) in [6, 6.07) is 10.5. The van der Waals surface area contributed by atoms with Crippen LogP contribution in [0.5, 0.6) is 11.5 Å². The van der Waals surface area contributed by atoms with E-state index in [1.807, 2.05) is 24.3 Å². The van der Waals surface area contributed by atoms with E-state index in [2.05, 4.69) is 21.1 Å². The summed E-state index contributed by atoms with van der Waals surface area (Å²) in [6.07, 6.45) is 4.11. The summed E-state index contributed by atoms with van der Waals surface area (Å²) >= 11 is 9.46. The topological polar surface area (TPSA) is 68.1 Å². The molecule has 0 unspecified atom stereocenters. The van der Waals surface area contributed by atoms with Gasteiger partial charge >= 0.3 is 5.97 Å². The number of hydrogen-bond acceptors (Lipinski definition) is 5. The van der Waals surface area contributed by atoms with E-state index in [0.29, 0.717) is 5.56 Å². The number of benzene rings is 2. The zero-order chi connectivity index (χ0) is 17.5. The number of carbonyl (C=O) groups is 1. The number of nitrogens with zero attached hydrogens (tertiary/aromatic N) is 1. The van der Waals surface area contributed by atoms with Gasteiger partial charge in [0.05, 0.1) is 18.3 Å². The Labute approximate surface area is 152 Å². The standard InChI is InChI=1S/C17H13BrClNO4/c1-23-15-9-12(10-20-22)8-14(19)17(15)24-16(21)6-5-11-3-2-4-13(18)7-11/h2-10,22H,1H3/b6-5?,20-10+. The van der Waals surface area contributed by atoms with Gasteiger partial charge in [0.25, 0.3) is 0 Å². The van der Waals surface area contributed by atoms with Crippen molar-refractivity contribution in [3.05, 3.63) is 63.1 Å². The van der Waals surface area contributed by atoms with Crippen LogP contribution in [0, 0.1) is 0 Å². The van der Waals surface area contributed by atoms with Crippen LogP contribution in [-0.4, -0.2) is 24.5 Å². The summed E-state index contributed by atoms with van der Waals surface area (Å²) in [5, 5.41) is 11.7. The second-order valence-electron chi connectivity index (χ2n) is 4.59. The Hall–Kier alpha value is -2.31. The first kappa shape index (κ1) is 18.0. The minimum atomic E-state index is -0.598. The third-order valence-electron chi connectivity index (χ3n) is 2.92. The molecule has 0 aliphatic rings. The molecule has 0 spiro atoms. The maximum Gasteiger partial charge on any atom is 0.336 e. The Bertz CT molecular complexity index is 805. The van der Waals surface area contributed by atoms with Crippen molar-refractivity contribution in [3.63, 3.8) is 0 Å². The number of carbonyl (C=O) groups excluding carboxylic acids is 1. The van der Waals surface area contributed by atoms with Gasteiger partial charge in [-0.15, -0.1) is 0 Å². The van der Waals surface area contributed by atoms with E-state index in [9.17, 15) is 4.79 Å². The molecule has 2 aromatic carbocycles. The fraction of sp³-hybridized carbons (Fsp3) is 0.0588. The van der Waals surface area contributed by atoms with Gasteiger partial charge in [0.1, 0.15) is 0 Å². The second kappa shape index (κ2) is 8.52. The molecule has 0 aliphatic heterocycles. The Morgan fingerprint density at radius 2 is 2.08 bits per heavy atom. The molecule has 7 heteroatoms. The molecule has 2 rings (SSSR count). The van der Waals surface area contributed by atoms with Crippen molar-refractivity contribution in [3.8, 4) is 11.5 Å². The summed E-state index contributed by atoms with van der Waals surface area (Å²) < 4.78 is 11.3. The molecule has 24 heavy (non-hydrogen) atoms. The molecule has 0 heterocycles. The molecule has 0 atom stereocenters. The molecule has 0 radical (unpaired) electrons. The quantitative estimate of drug-likeness (QED) is 0.196. The second-order valence-corrected chi connectivity index (χ2v) is 5.91. The molecule has 0 amide bonds. The zero-order valence-electron chi connectivity index (χ0n) is 12.6. The van der Waals surface area contributed by atoms with Gasteiger partial charge in [-0.2, -0.15) is 0 Å². The maximum atomic E-state index is 12.0. The van der Waals surface area contributed by atoms with E-state index < -0.39 is 5.97 Å². The lowest BCUT2D eigenvalue weighted by Crippen LogP contribution is -2.06. The minimum absolute atomic E-state index is 0.0955. The molecule has 0 aliphatic carbocycles. The Morgan fingerprint density at radius 1 is 1.29 bits per heavy atom. The number of methoxy groups -OCH3 is 1. The van der Waals surface area contributed by atoms with Crippen molar-refractivity contribution in [2.24, 2.45) is 5.16 Å². The smallest absolute Gasteiger partial charge is 0.336 e. The molecular formula is C17H13BrClNO4. The summed E-state index contributed by atoms with van der Waals surface area (Å²) in [7, 11) is 1.42. The highest BCUT2D eigenvalue weighted by molar-refractivity contribution is 9.10. The number of rotatable bonds is 5. The maximum absolute atomic E-state index is 12.0. The van der Waals surface area contributed by atoms with E-state index in [1.54, 1.807) is 6.08 Å². The van der Waals surface area contributed by atoms with Crippen molar-refractivity contribution in [1.29, 1.82) is 0 Å². The molecule has 1 N–H and O–H groups in total. The first-order valence-electron chi connectivity index (χ1n) is 6.74. The normalized spacial score (nSPS) is 11.1. The summed E-state index contributed by atoms with van der Waals surface area (Å²) in [6.45, 7) is 0. The van der Waals surface area contributed by atoms with Gasteiger partial charge < -0.3 is 14.7 Å². The number of oxime groups is 1. The van der Waals surface area contributed by atoms with Crippen LogP contribution >= 0.6 is 27.5 Å². The van der Waals surface area contributed by atoms with Crippen LogP contribution in [0.1, 0.15) is 11.1 Å². The van der Waals surface area contributed by atoms with Gasteiger partial charge in [-0.05, 0) is 35.9 Å². The Balaban J connectivity index is 2.19. The highest BCUT2D eigenvalue weighted by Gasteiger charge is 2.14. The van der Waals surface area contributed by atoms with E-state index >= 15 is 0 Å². The number of halogens is 2. The van der Waals surface area contributed by atoms with Crippen LogP contribution in [0.25, 0.3) is 6.08 Å². The SMILES string of the molecule is COc1cc(/C=N/O)cc(Cl)c1OC(=O)C=Cc1cccc(Br)c1. The largest absolute Gasteiger partial charge is 0.493 e. The lowest BCUT2D eigenvalue weighted by Gasteiger charge is -2.10. The highest BCUT2D eigenvalue weighted by Crippen LogP contribution is 2.36. The van der Waals surface area contributed by atoms with Crippen LogP contribution in [0.2, 0.25) is 5.02 Å². The first-order valence-corrected chi connectivity index (χ1v) is 7.91. The van der Waals surface area contributed by atoms with E-state index in [4.69, 9.17) is 26.3 Å². The van der Waals surface area contributed by atoms with Gasteiger partial charge in [0.15, 0.2) is 11.5 Å². The molecule has 0 bridgehead atoms. The Kier molecular flexibility index (Phi) is 6.40. The first-order chi connectivity index (χ1) is 11.5. The third-order valence-corrected chi connectivity index (χ3v) is 3.70. The molecule has 0 saturated carbocycles. The third kappa shape index (κ3) is 4.84. The molecular weight excluding hydrogens is 398 g/mol. The van der Waals surface area contributed by atoms with Gasteiger partial charge in [-0.25, -0.2) is 4.79 Å². The van der Waals surface area contributed by atoms with Gasteiger partial charge in [-0.3, -0.25) is 0 Å². The van der Waals surface area contributed by atoms with Crippen LogP contribution in [0.3, 0.4) is 0 Å². The van der Waals surface area contributed by atoms with Crippen molar-refractivity contribution in [2.45, 2.75) is 0 Å². The highest BCUT2D eigenvalue weighted by atomic mass is 79.9. The number of ether oxygens (including phenoxy) is 2. The summed E-state index contributed by atoms with van der Waals surface area (Å²) in [5.74, 6) is -0.251. The van der Waals surface area contributed by atoms with Gasteiger partial charge in [0, 0.05) is 16.1 Å². The van der Waals surface area contributed by atoms with Crippen LogP contribution in [-0.2, 0) is 4.79 Å². The fourth-order valence-corrected chi connectivity index (χ4v) is 2.56. The van der Waals surface area contributed by atoms with Gasteiger partial charge in [-0.1, -0.05) is 44.8 Å². The lowest BCUT2D eigenvalue weighted by atomic mass is 10.2. The Morgan fingerprint density at radius 3 is 2.75 bits per heavy atom. The van der Waals surface area contributed by atoms with Crippen LogP contribution < -0.4 is 9.47 Å². The number of hydrogen-bond donors (Lipinski definition) is 1. The lowest BCUT2D eigenvalue weighted by molar-refractivity contribution is -0.129.